The molecule has 0 saturated carbocycles. The molecule has 0 atom stereocenters. The number of aryl methyl sites for hydroxylation is 2. The molecule has 2 aromatic carbocycles. The molecule has 0 bridgehead atoms. The second kappa shape index (κ2) is 10.8. The fraction of sp³-hybridized carbons (Fsp3) is 0.261. The second-order valence-electron chi connectivity index (χ2n) is 6.95. The summed E-state index contributed by atoms with van der Waals surface area (Å²) in [5.74, 6) is 1.84. The fourth-order valence-corrected chi connectivity index (χ4v) is 2.86. The van der Waals surface area contributed by atoms with E-state index in [1.165, 1.54) is 5.56 Å². The smallest absolute Gasteiger partial charge is 0.319 e. The summed E-state index contributed by atoms with van der Waals surface area (Å²) in [7, 11) is 0. The third kappa shape index (κ3) is 6.88. The number of para-hydroxylation sites is 2. The summed E-state index contributed by atoms with van der Waals surface area (Å²) in [5, 5.41) is 12.0. The highest BCUT2D eigenvalue weighted by atomic mass is 16.5. The molecule has 3 rings (SSSR count). The van der Waals surface area contributed by atoms with Gasteiger partial charge in [-0.15, -0.1) is 0 Å². The van der Waals surface area contributed by atoms with Gasteiger partial charge >= 0.3 is 6.03 Å². The van der Waals surface area contributed by atoms with E-state index in [2.05, 4.69) is 31.2 Å². The van der Waals surface area contributed by atoms with Gasteiger partial charge in [-0.3, -0.25) is 0 Å². The first kappa shape index (κ1) is 21.9. The van der Waals surface area contributed by atoms with Crippen molar-refractivity contribution in [3.63, 3.8) is 0 Å². The number of amides is 2. The molecular weight excluding hydrogens is 392 g/mol. The predicted octanol–water partition coefficient (Wildman–Crippen LogP) is 4.47. The molecule has 3 aromatic rings. The van der Waals surface area contributed by atoms with E-state index in [9.17, 15) is 4.79 Å². The summed E-state index contributed by atoms with van der Waals surface area (Å²) in [6.45, 7) is 7.27. The third-order valence-electron chi connectivity index (χ3n) is 4.31. The molecule has 0 aliphatic rings. The molecule has 0 unspecified atom stereocenters. The van der Waals surface area contributed by atoms with Crippen LogP contribution in [0.5, 0.6) is 5.75 Å². The van der Waals surface area contributed by atoms with E-state index >= 15 is 0 Å². The molecule has 0 radical (unpaired) electrons. The number of rotatable bonds is 9. The Labute approximate surface area is 182 Å². The van der Waals surface area contributed by atoms with Gasteiger partial charge in [0.25, 0.3) is 0 Å². The van der Waals surface area contributed by atoms with Crippen molar-refractivity contribution in [1.82, 2.24) is 15.3 Å². The topological polar surface area (TPSA) is 100 Å². The average molecular weight is 421 g/mol. The Bertz CT molecular complexity index is 1010. The van der Waals surface area contributed by atoms with E-state index in [-0.39, 0.29) is 6.03 Å². The van der Waals surface area contributed by atoms with Crippen LogP contribution in [0, 0.1) is 13.8 Å². The van der Waals surface area contributed by atoms with Gasteiger partial charge in [0.2, 0.25) is 5.95 Å². The van der Waals surface area contributed by atoms with Gasteiger partial charge in [-0.25, -0.2) is 9.78 Å². The molecule has 2 amide bonds. The van der Waals surface area contributed by atoms with Crippen molar-refractivity contribution in [3.8, 4) is 5.75 Å². The number of hydrogen-bond donors (Lipinski definition) is 4. The molecule has 8 heteroatoms. The van der Waals surface area contributed by atoms with E-state index in [0.29, 0.717) is 42.9 Å². The van der Waals surface area contributed by atoms with Crippen LogP contribution in [0.15, 0.2) is 54.6 Å². The zero-order valence-electron chi connectivity index (χ0n) is 18.0. The average Bonchev–Trinajstić information content (AvgIpc) is 2.74. The number of nitrogens with zero attached hydrogens (tertiary/aromatic N) is 2. The van der Waals surface area contributed by atoms with Gasteiger partial charge in [-0.05, 0) is 45.0 Å². The highest BCUT2D eigenvalue weighted by Gasteiger charge is 2.07. The van der Waals surface area contributed by atoms with Crippen LogP contribution in [0.2, 0.25) is 0 Å². The number of urea groups is 1. The SMILES string of the molecule is CCOc1ccccc1NC(=O)NCCNc1nc(C)cc(Nc2ccc(C)cc2)n1. The van der Waals surface area contributed by atoms with E-state index in [1.807, 2.05) is 69.3 Å². The first-order chi connectivity index (χ1) is 15.0. The van der Waals surface area contributed by atoms with Crippen molar-refractivity contribution in [1.29, 1.82) is 0 Å². The maximum atomic E-state index is 12.2. The minimum absolute atomic E-state index is 0.305. The van der Waals surface area contributed by atoms with Crippen molar-refractivity contribution in [2.45, 2.75) is 20.8 Å². The Morgan fingerprint density at radius 1 is 1.00 bits per heavy atom. The Morgan fingerprint density at radius 3 is 2.55 bits per heavy atom. The van der Waals surface area contributed by atoms with Gasteiger partial charge in [0, 0.05) is 30.5 Å². The molecule has 0 aliphatic heterocycles. The maximum absolute atomic E-state index is 12.2. The van der Waals surface area contributed by atoms with Gasteiger partial charge in [0.15, 0.2) is 0 Å². The van der Waals surface area contributed by atoms with Crippen molar-refractivity contribution in [3.05, 3.63) is 65.9 Å². The lowest BCUT2D eigenvalue weighted by atomic mass is 10.2. The molecule has 0 aliphatic carbocycles. The standard InChI is InChI=1S/C23H28N6O2/c1-4-31-20-8-6-5-7-19(20)28-23(30)25-14-13-24-22-26-17(3)15-21(29-22)27-18-11-9-16(2)10-12-18/h5-12,15H,4,13-14H2,1-3H3,(H2,25,28,30)(H2,24,26,27,29). The summed E-state index contributed by atoms with van der Waals surface area (Å²) >= 11 is 0. The summed E-state index contributed by atoms with van der Waals surface area (Å²) < 4.78 is 5.51. The second-order valence-corrected chi connectivity index (χ2v) is 6.95. The van der Waals surface area contributed by atoms with Crippen LogP contribution in [0.4, 0.5) is 27.9 Å². The first-order valence-electron chi connectivity index (χ1n) is 10.2. The number of carbonyl (C=O) groups is 1. The zero-order valence-corrected chi connectivity index (χ0v) is 18.0. The van der Waals surface area contributed by atoms with Crippen molar-refractivity contribution >= 4 is 29.2 Å². The Hall–Kier alpha value is -3.81. The quantitative estimate of drug-likeness (QED) is 0.381. The van der Waals surface area contributed by atoms with Gasteiger partial charge < -0.3 is 26.0 Å². The van der Waals surface area contributed by atoms with Crippen LogP contribution in [-0.4, -0.2) is 35.7 Å². The number of hydrogen-bond acceptors (Lipinski definition) is 6. The Kier molecular flexibility index (Phi) is 7.64. The maximum Gasteiger partial charge on any atom is 0.319 e. The summed E-state index contributed by atoms with van der Waals surface area (Å²) in [6, 6.07) is 17.0. The lowest BCUT2D eigenvalue weighted by Gasteiger charge is -2.13. The number of ether oxygens (including phenoxy) is 1. The minimum atomic E-state index is -0.305. The van der Waals surface area contributed by atoms with Crippen LogP contribution < -0.4 is 26.0 Å². The molecule has 0 spiro atoms. The van der Waals surface area contributed by atoms with E-state index < -0.39 is 0 Å². The van der Waals surface area contributed by atoms with E-state index in [1.54, 1.807) is 6.07 Å². The van der Waals surface area contributed by atoms with Crippen LogP contribution in [0.3, 0.4) is 0 Å². The van der Waals surface area contributed by atoms with Crippen LogP contribution in [0.25, 0.3) is 0 Å². The molecule has 8 nitrogen and oxygen atoms in total. The van der Waals surface area contributed by atoms with Crippen molar-refractivity contribution < 1.29 is 9.53 Å². The highest BCUT2D eigenvalue weighted by molar-refractivity contribution is 5.90. The van der Waals surface area contributed by atoms with E-state index in [4.69, 9.17) is 4.74 Å². The summed E-state index contributed by atoms with van der Waals surface area (Å²) in [4.78, 5) is 21.1. The first-order valence-corrected chi connectivity index (χ1v) is 10.2. The van der Waals surface area contributed by atoms with Crippen LogP contribution in [-0.2, 0) is 0 Å². The van der Waals surface area contributed by atoms with Gasteiger partial charge in [0.1, 0.15) is 11.6 Å². The van der Waals surface area contributed by atoms with Crippen molar-refractivity contribution in [2.24, 2.45) is 0 Å². The number of aromatic nitrogens is 2. The fourth-order valence-electron chi connectivity index (χ4n) is 2.86. The zero-order chi connectivity index (χ0) is 22.1. The lowest BCUT2D eigenvalue weighted by molar-refractivity contribution is 0.252. The van der Waals surface area contributed by atoms with Gasteiger partial charge in [-0.1, -0.05) is 29.8 Å². The van der Waals surface area contributed by atoms with Crippen LogP contribution >= 0.6 is 0 Å². The highest BCUT2D eigenvalue weighted by Crippen LogP contribution is 2.23. The molecule has 4 N–H and O–H groups in total. The molecule has 1 heterocycles. The predicted molar refractivity (Wildman–Crippen MR) is 124 cm³/mol. The molecule has 0 saturated heterocycles. The third-order valence-corrected chi connectivity index (χ3v) is 4.31. The van der Waals surface area contributed by atoms with Gasteiger partial charge in [0.05, 0.1) is 12.3 Å². The number of benzene rings is 2. The Balaban J connectivity index is 1.48. The molecule has 31 heavy (non-hydrogen) atoms. The summed E-state index contributed by atoms with van der Waals surface area (Å²) in [5.41, 5.74) is 3.62. The largest absolute Gasteiger partial charge is 0.492 e. The summed E-state index contributed by atoms with van der Waals surface area (Å²) in [6.07, 6.45) is 0. The van der Waals surface area contributed by atoms with E-state index in [0.717, 1.165) is 11.4 Å². The van der Waals surface area contributed by atoms with Crippen LogP contribution in [0.1, 0.15) is 18.2 Å². The monoisotopic (exact) mass is 420 g/mol. The number of anilines is 4. The molecule has 162 valence electrons. The lowest BCUT2D eigenvalue weighted by Crippen LogP contribution is -2.33. The number of nitrogens with one attached hydrogen (secondary N) is 4. The molecule has 1 aromatic heterocycles. The van der Waals surface area contributed by atoms with Crippen molar-refractivity contribution in [2.75, 3.05) is 35.6 Å². The number of carbonyl (C=O) groups excluding carboxylic acids is 1. The molecular formula is C23H28N6O2. The Morgan fingerprint density at radius 2 is 1.77 bits per heavy atom. The molecule has 0 fully saturated rings. The minimum Gasteiger partial charge on any atom is -0.492 e. The normalized spacial score (nSPS) is 10.3. The van der Waals surface area contributed by atoms with Gasteiger partial charge in [-0.2, -0.15) is 4.98 Å².